The molecular formula is C36H65N5O12. The SMILES string of the molecule is O=C(O)CCCCCCCCCCNC(=O)CN(CCN(CCN(CC(=O)O)CC(=O)NCCCCCCCCCCC(=O)O)CC(=O)O)CC(=O)O. The van der Waals surface area contributed by atoms with Gasteiger partial charge in [-0.25, -0.2) is 0 Å². The van der Waals surface area contributed by atoms with Gasteiger partial charge in [0.15, 0.2) is 0 Å². The van der Waals surface area contributed by atoms with E-state index in [0.717, 1.165) is 89.9 Å². The van der Waals surface area contributed by atoms with Crippen LogP contribution in [0.1, 0.15) is 116 Å². The summed E-state index contributed by atoms with van der Waals surface area (Å²) in [5.74, 6) is -5.67. The Labute approximate surface area is 313 Å². The largest absolute Gasteiger partial charge is 0.481 e. The molecule has 17 heteroatoms. The van der Waals surface area contributed by atoms with Crippen LogP contribution in [-0.4, -0.2) is 154 Å². The molecule has 0 rings (SSSR count). The summed E-state index contributed by atoms with van der Waals surface area (Å²) in [4.78, 5) is 85.1. The molecule has 0 aliphatic rings. The molecule has 53 heavy (non-hydrogen) atoms. The van der Waals surface area contributed by atoms with E-state index in [-0.39, 0.29) is 63.9 Å². The Hall–Kier alpha value is -3.83. The zero-order valence-electron chi connectivity index (χ0n) is 31.4. The maximum Gasteiger partial charge on any atom is 0.317 e. The van der Waals surface area contributed by atoms with E-state index in [1.807, 2.05) is 0 Å². The Morgan fingerprint density at radius 2 is 0.585 bits per heavy atom. The van der Waals surface area contributed by atoms with Crippen LogP contribution < -0.4 is 10.6 Å². The fraction of sp³-hybridized carbons (Fsp3) is 0.806. The molecule has 0 atom stereocenters. The van der Waals surface area contributed by atoms with E-state index < -0.39 is 49.5 Å². The predicted octanol–water partition coefficient (Wildman–Crippen LogP) is 2.57. The first-order valence-corrected chi connectivity index (χ1v) is 19.1. The summed E-state index contributed by atoms with van der Waals surface area (Å²) in [5, 5.41) is 51.1. The van der Waals surface area contributed by atoms with E-state index in [1.54, 1.807) is 0 Å². The molecule has 0 radical (unpaired) electrons. The maximum atomic E-state index is 12.6. The minimum absolute atomic E-state index is 0.0730. The number of hydrogen-bond acceptors (Lipinski definition) is 10. The van der Waals surface area contributed by atoms with E-state index in [2.05, 4.69) is 10.6 Å². The second-order valence-corrected chi connectivity index (χ2v) is 13.5. The van der Waals surface area contributed by atoms with Crippen molar-refractivity contribution in [2.75, 3.05) is 72.0 Å². The predicted molar refractivity (Wildman–Crippen MR) is 197 cm³/mol. The first-order valence-electron chi connectivity index (χ1n) is 19.1. The van der Waals surface area contributed by atoms with Crippen molar-refractivity contribution < 1.29 is 59.1 Å². The monoisotopic (exact) mass is 759 g/mol. The van der Waals surface area contributed by atoms with Gasteiger partial charge in [-0.3, -0.25) is 48.3 Å². The van der Waals surface area contributed by atoms with E-state index in [1.165, 1.54) is 14.7 Å². The van der Waals surface area contributed by atoms with Crippen LogP contribution in [0.2, 0.25) is 0 Å². The Balaban J connectivity index is 4.61. The Bertz CT molecular complexity index is 1000. The van der Waals surface area contributed by atoms with Gasteiger partial charge in [-0.05, 0) is 25.7 Å². The fourth-order valence-corrected chi connectivity index (χ4v) is 5.73. The van der Waals surface area contributed by atoms with Crippen molar-refractivity contribution in [3.63, 3.8) is 0 Å². The molecule has 0 heterocycles. The lowest BCUT2D eigenvalue weighted by Crippen LogP contribution is -2.47. The van der Waals surface area contributed by atoms with Crippen molar-refractivity contribution in [3.05, 3.63) is 0 Å². The van der Waals surface area contributed by atoms with E-state index in [4.69, 9.17) is 10.2 Å². The van der Waals surface area contributed by atoms with E-state index in [9.17, 15) is 48.9 Å². The van der Waals surface area contributed by atoms with Gasteiger partial charge in [-0.1, -0.05) is 77.0 Å². The molecule has 0 aromatic heterocycles. The quantitative estimate of drug-likeness (QED) is 0.0447. The average molecular weight is 760 g/mol. The zero-order valence-corrected chi connectivity index (χ0v) is 31.4. The van der Waals surface area contributed by atoms with Crippen LogP contribution in [0.25, 0.3) is 0 Å². The highest BCUT2D eigenvalue weighted by atomic mass is 16.4. The van der Waals surface area contributed by atoms with Crippen molar-refractivity contribution >= 4 is 41.7 Å². The van der Waals surface area contributed by atoms with Crippen LogP contribution in [0.3, 0.4) is 0 Å². The number of unbranched alkanes of at least 4 members (excludes halogenated alkanes) is 14. The summed E-state index contributed by atoms with van der Waals surface area (Å²) in [7, 11) is 0. The number of carboxylic acids is 5. The summed E-state index contributed by atoms with van der Waals surface area (Å²) in [6.45, 7) is -0.422. The van der Waals surface area contributed by atoms with Crippen LogP contribution in [0.15, 0.2) is 0 Å². The molecule has 2 amide bonds. The summed E-state index contributed by atoms with van der Waals surface area (Å²) >= 11 is 0. The minimum Gasteiger partial charge on any atom is -0.481 e. The van der Waals surface area contributed by atoms with Crippen LogP contribution in [-0.2, 0) is 33.6 Å². The number of nitrogens with one attached hydrogen (secondary N) is 2. The number of carbonyl (C=O) groups excluding carboxylic acids is 2. The van der Waals surface area contributed by atoms with Gasteiger partial charge in [0.2, 0.25) is 11.8 Å². The topological polar surface area (TPSA) is 254 Å². The summed E-state index contributed by atoms with van der Waals surface area (Å²) in [6, 6.07) is 0. The number of amides is 2. The summed E-state index contributed by atoms with van der Waals surface area (Å²) in [5.41, 5.74) is 0. The molecule has 0 unspecified atom stereocenters. The fourth-order valence-electron chi connectivity index (χ4n) is 5.73. The summed E-state index contributed by atoms with van der Waals surface area (Å²) in [6.07, 6.45) is 15.0. The highest BCUT2D eigenvalue weighted by Gasteiger charge is 2.20. The minimum atomic E-state index is -1.14. The number of hydrogen-bond donors (Lipinski definition) is 7. The molecule has 0 fully saturated rings. The molecule has 0 saturated heterocycles. The van der Waals surface area contributed by atoms with Crippen LogP contribution in [0.5, 0.6) is 0 Å². The highest BCUT2D eigenvalue weighted by molar-refractivity contribution is 5.79. The van der Waals surface area contributed by atoms with Crippen molar-refractivity contribution in [2.24, 2.45) is 0 Å². The van der Waals surface area contributed by atoms with E-state index >= 15 is 0 Å². The van der Waals surface area contributed by atoms with E-state index in [0.29, 0.717) is 25.9 Å². The third kappa shape index (κ3) is 35.0. The smallest absolute Gasteiger partial charge is 0.317 e. The number of aliphatic carboxylic acids is 5. The van der Waals surface area contributed by atoms with Gasteiger partial charge in [0.1, 0.15) is 0 Å². The van der Waals surface area contributed by atoms with Crippen molar-refractivity contribution in [3.8, 4) is 0 Å². The summed E-state index contributed by atoms with van der Waals surface area (Å²) < 4.78 is 0. The van der Waals surface area contributed by atoms with Crippen molar-refractivity contribution in [2.45, 2.75) is 116 Å². The molecule has 0 aliphatic heterocycles. The molecule has 0 spiro atoms. The number of carboxylic acid groups (broad SMARTS) is 5. The molecule has 306 valence electrons. The molecule has 0 aromatic carbocycles. The maximum absolute atomic E-state index is 12.6. The van der Waals surface area contributed by atoms with Gasteiger partial charge >= 0.3 is 29.8 Å². The third-order valence-corrected chi connectivity index (χ3v) is 8.56. The van der Waals surface area contributed by atoms with Crippen LogP contribution in [0, 0.1) is 0 Å². The first kappa shape index (κ1) is 49.2. The van der Waals surface area contributed by atoms with Crippen LogP contribution >= 0.6 is 0 Å². The Kier molecular flexibility index (Phi) is 30.4. The second kappa shape index (κ2) is 32.8. The molecule has 0 saturated carbocycles. The molecule has 7 N–H and O–H groups in total. The normalized spacial score (nSPS) is 11.2. The standard InChI is InChI=1S/C36H65N5O12/c42-30(37-19-15-11-7-3-1-5-9-13-17-32(44)45)25-40(28-35(50)51)23-21-39(27-34(48)49)22-24-41(29-36(52)53)26-31(43)38-20-16-12-8-4-2-6-10-14-18-33(46)47/h1-29H2,(H,37,42)(H,38,43)(H,44,45)(H,46,47)(H,48,49)(H,50,51)(H,52,53). The lowest BCUT2D eigenvalue weighted by Gasteiger charge is -2.28. The van der Waals surface area contributed by atoms with Crippen LogP contribution in [0.4, 0.5) is 0 Å². The Morgan fingerprint density at radius 1 is 0.321 bits per heavy atom. The molecule has 0 aromatic rings. The van der Waals surface area contributed by atoms with Gasteiger partial charge in [0, 0.05) is 52.1 Å². The molecule has 17 nitrogen and oxygen atoms in total. The first-order chi connectivity index (χ1) is 25.3. The second-order valence-electron chi connectivity index (χ2n) is 13.5. The van der Waals surface area contributed by atoms with Gasteiger partial charge in [0.25, 0.3) is 0 Å². The highest BCUT2D eigenvalue weighted by Crippen LogP contribution is 2.10. The molecular weight excluding hydrogens is 694 g/mol. The number of nitrogens with zero attached hydrogens (tertiary/aromatic N) is 3. The van der Waals surface area contributed by atoms with Gasteiger partial charge in [-0.15, -0.1) is 0 Å². The lowest BCUT2D eigenvalue weighted by molar-refractivity contribution is -0.141. The number of carbonyl (C=O) groups is 7. The molecule has 0 bridgehead atoms. The lowest BCUT2D eigenvalue weighted by atomic mass is 10.1. The van der Waals surface area contributed by atoms with Gasteiger partial charge in [0.05, 0.1) is 32.7 Å². The van der Waals surface area contributed by atoms with Crippen molar-refractivity contribution in [1.29, 1.82) is 0 Å². The van der Waals surface area contributed by atoms with Gasteiger partial charge < -0.3 is 36.2 Å². The average Bonchev–Trinajstić information content (AvgIpc) is 3.06. The zero-order chi connectivity index (χ0) is 39.7. The Morgan fingerprint density at radius 3 is 0.887 bits per heavy atom. The third-order valence-electron chi connectivity index (χ3n) is 8.56. The number of rotatable bonds is 38. The van der Waals surface area contributed by atoms with Gasteiger partial charge in [-0.2, -0.15) is 0 Å². The van der Waals surface area contributed by atoms with Crippen molar-refractivity contribution in [1.82, 2.24) is 25.3 Å². The molecule has 0 aliphatic carbocycles.